The number of hydrogen-bond donors (Lipinski definition) is 0. The van der Waals surface area contributed by atoms with Gasteiger partial charge in [-0.25, -0.2) is 0 Å². The van der Waals surface area contributed by atoms with Crippen molar-refractivity contribution in [2.45, 2.75) is 170 Å². The maximum absolute atomic E-state index is 12.2. The lowest BCUT2D eigenvalue weighted by Crippen LogP contribution is -2.18. The minimum absolute atomic E-state index is 0.0167. The molecule has 0 bridgehead atoms. The molecule has 0 heterocycles. The lowest BCUT2D eigenvalue weighted by Gasteiger charge is -2.28. The molecule has 0 N–H and O–H groups in total. The van der Waals surface area contributed by atoms with E-state index in [9.17, 15) is 9.59 Å². The molecule has 0 fully saturated rings. The second kappa shape index (κ2) is 24.0. The minimum Gasteiger partial charge on any atom is -0.465 e. The van der Waals surface area contributed by atoms with Crippen LogP contribution in [0.2, 0.25) is 0 Å². The normalized spacial score (nSPS) is 14.6. The first-order valence-corrected chi connectivity index (χ1v) is 16.2. The van der Waals surface area contributed by atoms with Gasteiger partial charge < -0.3 is 9.47 Å². The van der Waals surface area contributed by atoms with Gasteiger partial charge in [0.1, 0.15) is 0 Å². The van der Waals surface area contributed by atoms with Crippen LogP contribution in [0.1, 0.15) is 170 Å². The summed E-state index contributed by atoms with van der Waals surface area (Å²) in [4.78, 5) is 24.4. The highest BCUT2D eigenvalue weighted by Gasteiger charge is 2.21. The molecular formula is C33H64O4. The quantitative estimate of drug-likeness (QED) is 0.0834. The van der Waals surface area contributed by atoms with Gasteiger partial charge in [-0.3, -0.25) is 9.59 Å². The molecule has 0 saturated carbocycles. The molecule has 220 valence electrons. The summed E-state index contributed by atoms with van der Waals surface area (Å²) in [7, 11) is 0. The first-order valence-electron chi connectivity index (χ1n) is 16.2. The van der Waals surface area contributed by atoms with E-state index in [-0.39, 0.29) is 23.8 Å². The number of carbonyl (C=O) groups excluding carboxylic acids is 2. The molecule has 4 heteroatoms. The third-order valence-electron chi connectivity index (χ3n) is 8.41. The summed E-state index contributed by atoms with van der Waals surface area (Å²) in [6, 6.07) is 0. The Morgan fingerprint density at radius 3 is 1.30 bits per heavy atom. The van der Waals surface area contributed by atoms with E-state index >= 15 is 0 Å². The summed E-state index contributed by atoms with van der Waals surface area (Å²) in [6.45, 7) is 14.5. The topological polar surface area (TPSA) is 52.6 Å². The van der Waals surface area contributed by atoms with Crippen LogP contribution in [-0.2, 0) is 19.1 Å². The Morgan fingerprint density at radius 2 is 0.946 bits per heavy atom. The summed E-state index contributed by atoms with van der Waals surface area (Å²) in [5, 5.41) is 0. The highest BCUT2D eigenvalue weighted by Crippen LogP contribution is 2.34. The fourth-order valence-electron chi connectivity index (χ4n) is 5.13. The molecule has 0 radical (unpaired) electrons. The van der Waals surface area contributed by atoms with Crippen LogP contribution >= 0.6 is 0 Å². The Kier molecular flexibility index (Phi) is 23.3. The standard InChI is InChI=1S/C33H64O4/c1-7-12-23-29(9-3)31(34)36-27-21-17-14-15-19-25-33(6,11-5)26-20-16-18-22-28-37-32(35)30(10-4)24-13-8-2/h29-30H,7-28H2,1-6H3. The van der Waals surface area contributed by atoms with Gasteiger partial charge in [-0.1, -0.05) is 119 Å². The van der Waals surface area contributed by atoms with Gasteiger partial charge in [0.2, 0.25) is 0 Å². The van der Waals surface area contributed by atoms with Crippen molar-refractivity contribution in [1.82, 2.24) is 0 Å². The lowest BCUT2D eigenvalue weighted by molar-refractivity contribution is -0.150. The van der Waals surface area contributed by atoms with Crippen molar-refractivity contribution in [2.24, 2.45) is 17.3 Å². The largest absolute Gasteiger partial charge is 0.465 e. The van der Waals surface area contributed by atoms with E-state index in [1.165, 1.54) is 51.4 Å². The number of esters is 2. The Bertz CT molecular complexity index is 546. The van der Waals surface area contributed by atoms with E-state index in [0.29, 0.717) is 18.6 Å². The van der Waals surface area contributed by atoms with Gasteiger partial charge in [0, 0.05) is 0 Å². The first kappa shape index (κ1) is 35.9. The lowest BCUT2D eigenvalue weighted by atomic mass is 9.77. The van der Waals surface area contributed by atoms with Gasteiger partial charge in [-0.15, -0.1) is 0 Å². The SMILES string of the molecule is CCCCC(CC)C(=O)OCCCCCCCC(C)(CC)CCCCCCOC(=O)C(CC)CCCC. The van der Waals surface area contributed by atoms with Crippen molar-refractivity contribution in [3.8, 4) is 0 Å². The van der Waals surface area contributed by atoms with Crippen LogP contribution < -0.4 is 0 Å². The predicted molar refractivity (Wildman–Crippen MR) is 158 cm³/mol. The van der Waals surface area contributed by atoms with E-state index in [1.807, 2.05) is 0 Å². The molecule has 0 aliphatic carbocycles. The van der Waals surface area contributed by atoms with Crippen molar-refractivity contribution < 1.29 is 19.1 Å². The van der Waals surface area contributed by atoms with Crippen LogP contribution in [0.15, 0.2) is 0 Å². The van der Waals surface area contributed by atoms with Crippen LogP contribution in [0.25, 0.3) is 0 Å². The van der Waals surface area contributed by atoms with Crippen molar-refractivity contribution in [1.29, 1.82) is 0 Å². The maximum Gasteiger partial charge on any atom is 0.308 e. The number of carbonyl (C=O) groups is 2. The van der Waals surface area contributed by atoms with Crippen LogP contribution in [-0.4, -0.2) is 25.2 Å². The summed E-state index contributed by atoms with van der Waals surface area (Å²) >= 11 is 0. The Morgan fingerprint density at radius 1 is 0.568 bits per heavy atom. The molecule has 0 aliphatic heterocycles. The number of ether oxygens (including phenoxy) is 2. The molecular weight excluding hydrogens is 460 g/mol. The number of rotatable bonds is 26. The zero-order valence-corrected chi connectivity index (χ0v) is 25.8. The predicted octanol–water partition coefficient (Wildman–Crippen LogP) is 10.2. The van der Waals surface area contributed by atoms with E-state index in [0.717, 1.165) is 77.0 Å². The molecule has 3 unspecified atom stereocenters. The monoisotopic (exact) mass is 524 g/mol. The van der Waals surface area contributed by atoms with Crippen LogP contribution in [0.4, 0.5) is 0 Å². The second-order valence-electron chi connectivity index (χ2n) is 11.7. The van der Waals surface area contributed by atoms with E-state index in [4.69, 9.17) is 9.47 Å². The summed E-state index contributed by atoms with van der Waals surface area (Å²) in [6.07, 6.45) is 22.7. The molecule has 0 spiro atoms. The smallest absolute Gasteiger partial charge is 0.308 e. The Labute approximate surface area is 231 Å². The van der Waals surface area contributed by atoms with Gasteiger partial charge >= 0.3 is 11.9 Å². The molecule has 0 aromatic carbocycles. The van der Waals surface area contributed by atoms with Crippen molar-refractivity contribution in [3.63, 3.8) is 0 Å². The van der Waals surface area contributed by atoms with Gasteiger partial charge in [-0.2, -0.15) is 0 Å². The second-order valence-corrected chi connectivity index (χ2v) is 11.7. The fraction of sp³-hybridized carbons (Fsp3) is 0.939. The fourth-order valence-corrected chi connectivity index (χ4v) is 5.13. The zero-order chi connectivity index (χ0) is 27.8. The first-order chi connectivity index (χ1) is 17.9. The van der Waals surface area contributed by atoms with Gasteiger partial charge in [0.15, 0.2) is 0 Å². The highest BCUT2D eigenvalue weighted by atomic mass is 16.5. The molecule has 4 nitrogen and oxygen atoms in total. The number of hydrogen-bond acceptors (Lipinski definition) is 4. The van der Waals surface area contributed by atoms with Crippen molar-refractivity contribution in [2.75, 3.05) is 13.2 Å². The summed E-state index contributed by atoms with van der Waals surface area (Å²) < 4.78 is 11.1. The maximum atomic E-state index is 12.2. The molecule has 0 amide bonds. The summed E-state index contributed by atoms with van der Waals surface area (Å²) in [5.74, 6) is 0.223. The van der Waals surface area contributed by atoms with Crippen molar-refractivity contribution >= 4 is 11.9 Å². The molecule has 0 aliphatic rings. The number of unbranched alkanes of at least 4 members (excludes halogenated alkanes) is 9. The van der Waals surface area contributed by atoms with E-state index < -0.39 is 0 Å². The Hall–Kier alpha value is -1.06. The van der Waals surface area contributed by atoms with Gasteiger partial charge in [0.25, 0.3) is 0 Å². The zero-order valence-electron chi connectivity index (χ0n) is 25.8. The molecule has 0 aromatic heterocycles. The third-order valence-corrected chi connectivity index (χ3v) is 8.41. The van der Waals surface area contributed by atoms with Crippen LogP contribution in [0.3, 0.4) is 0 Å². The van der Waals surface area contributed by atoms with Crippen LogP contribution in [0.5, 0.6) is 0 Å². The third kappa shape index (κ3) is 18.8. The molecule has 0 rings (SSSR count). The van der Waals surface area contributed by atoms with Gasteiger partial charge in [-0.05, 0) is 56.8 Å². The minimum atomic E-state index is 0.0167. The summed E-state index contributed by atoms with van der Waals surface area (Å²) in [5.41, 5.74) is 0.448. The molecule has 0 aromatic rings. The average Bonchev–Trinajstić information content (AvgIpc) is 2.90. The Balaban J connectivity index is 3.83. The van der Waals surface area contributed by atoms with E-state index in [2.05, 4.69) is 41.5 Å². The van der Waals surface area contributed by atoms with E-state index in [1.54, 1.807) is 0 Å². The molecule has 3 atom stereocenters. The van der Waals surface area contributed by atoms with Crippen molar-refractivity contribution in [3.05, 3.63) is 0 Å². The van der Waals surface area contributed by atoms with Gasteiger partial charge in [0.05, 0.1) is 25.0 Å². The molecule has 0 saturated heterocycles. The average molecular weight is 525 g/mol. The highest BCUT2D eigenvalue weighted by molar-refractivity contribution is 5.72. The molecule has 37 heavy (non-hydrogen) atoms. The van der Waals surface area contributed by atoms with Crippen LogP contribution in [0, 0.1) is 17.3 Å².